The second kappa shape index (κ2) is 13.0. The number of rotatable bonds is 4. The molecule has 1 saturated heterocycles. The van der Waals surface area contributed by atoms with Crippen molar-refractivity contribution in [3.63, 3.8) is 0 Å². The Kier molecular flexibility index (Phi) is 9.23. The fourth-order valence-electron chi connectivity index (χ4n) is 10.5. The third-order valence-electron chi connectivity index (χ3n) is 13.3. The third kappa shape index (κ3) is 5.09. The van der Waals surface area contributed by atoms with E-state index in [9.17, 15) is 0 Å². The van der Waals surface area contributed by atoms with Gasteiger partial charge in [-0.1, -0.05) is 0 Å². The van der Waals surface area contributed by atoms with Crippen LogP contribution in [0.2, 0.25) is 8.26 Å². The molecule has 6 aromatic rings. The molecule has 2 atom stereocenters. The Morgan fingerprint density at radius 2 is 0.804 bits per heavy atom. The second-order valence-electron chi connectivity index (χ2n) is 15.6. The summed E-state index contributed by atoms with van der Waals surface area (Å²) in [7, 11) is 0. The first-order valence-corrected chi connectivity index (χ1v) is 24.6. The predicted octanol–water partition coefficient (Wildman–Crippen LogP) is 7.81. The molecule has 2 unspecified atom stereocenters. The molecule has 0 bridgehead atoms. The molecule has 9 rings (SSSR count). The van der Waals surface area contributed by atoms with E-state index in [1.54, 1.807) is 33.4 Å². The minimum atomic E-state index is -2.89. The van der Waals surface area contributed by atoms with E-state index in [1.165, 1.54) is 85.4 Å². The van der Waals surface area contributed by atoms with Gasteiger partial charge < -0.3 is 24.8 Å². The summed E-state index contributed by atoms with van der Waals surface area (Å²) in [5.41, 5.74) is 24.4. The molecule has 2 aliphatic carbocycles. The molecule has 6 aromatic carbocycles. The van der Waals surface area contributed by atoms with Gasteiger partial charge in [-0.05, 0) is 0 Å². The van der Waals surface area contributed by atoms with Gasteiger partial charge in [-0.25, -0.2) is 0 Å². The van der Waals surface area contributed by atoms with Crippen LogP contribution >= 0.6 is 0 Å². The SMILES string of the molecule is CC1=Cc2c(-c3cccc4ccccc34)c(C)c(C)c(C)c2[CH]1[Zr+2]1([CH]2C(C)=Cc3c(-c4cccc5ccccc45)c(C)c(C)c(C)c32)[CH2][CH2]1.[Cl-].[Cl-]. The second-order valence-corrected chi connectivity index (χ2v) is 26.9. The van der Waals surface area contributed by atoms with Crippen LogP contribution in [0, 0.1) is 41.5 Å². The molecule has 0 amide bonds. The average Bonchev–Trinajstić information content (AvgIpc) is 3.70. The number of allylic oxidation sites excluding steroid dienone is 2. The van der Waals surface area contributed by atoms with Gasteiger partial charge in [0.2, 0.25) is 0 Å². The summed E-state index contributed by atoms with van der Waals surface area (Å²) in [5, 5.41) is 5.38. The number of hydrogen-bond donors (Lipinski definition) is 0. The summed E-state index contributed by atoms with van der Waals surface area (Å²) in [6, 6.07) is 31.7. The maximum absolute atomic E-state index is 2.89. The maximum Gasteiger partial charge on any atom is -1.00 e. The van der Waals surface area contributed by atoms with Gasteiger partial charge in [0.25, 0.3) is 0 Å². The van der Waals surface area contributed by atoms with Crippen LogP contribution in [-0.2, 0) is 20.3 Å². The van der Waals surface area contributed by atoms with Crippen LogP contribution in [0.25, 0.3) is 56.0 Å². The van der Waals surface area contributed by atoms with Crippen molar-refractivity contribution >= 4 is 33.7 Å². The quantitative estimate of drug-likeness (QED) is 0.171. The normalized spacial score (nSPS) is 17.5. The van der Waals surface area contributed by atoms with Gasteiger partial charge in [0.05, 0.1) is 0 Å². The zero-order chi connectivity index (χ0) is 33.9. The van der Waals surface area contributed by atoms with Crippen molar-refractivity contribution in [3.8, 4) is 22.3 Å². The van der Waals surface area contributed by atoms with Gasteiger partial charge in [-0.2, -0.15) is 0 Å². The van der Waals surface area contributed by atoms with E-state index in [4.69, 9.17) is 0 Å². The standard InChI is InChI=1S/2C23H21.C2H4.2ClH.Zr/c2*1-14-12-21-16(3)15(2)17(4)23(22(21)13-14)20-11-7-9-18-8-5-6-10-19(18)20;1-2;;;/h2*5-13H,1-4H3;1-2H2;2*1H;/q;;;;;+2/p-2. The zero-order valence-electron chi connectivity index (χ0n) is 31.1. The van der Waals surface area contributed by atoms with Gasteiger partial charge >= 0.3 is 299 Å². The summed E-state index contributed by atoms with van der Waals surface area (Å²) >= 11 is -2.89. The Labute approximate surface area is 321 Å². The molecule has 0 radical (unpaired) electrons. The van der Waals surface area contributed by atoms with Crippen LogP contribution in [0.15, 0.2) is 96.1 Å². The van der Waals surface area contributed by atoms with Crippen molar-refractivity contribution in [1.82, 2.24) is 0 Å². The number of fused-ring (bicyclic) bond motifs is 4. The van der Waals surface area contributed by atoms with E-state index < -0.39 is 20.3 Å². The van der Waals surface area contributed by atoms with E-state index in [2.05, 4.69) is 152 Å². The maximum atomic E-state index is 2.64. The molecule has 0 spiro atoms. The van der Waals surface area contributed by atoms with Crippen LogP contribution in [0.5, 0.6) is 0 Å². The van der Waals surface area contributed by atoms with Crippen LogP contribution in [0.3, 0.4) is 0 Å². The molecule has 1 aliphatic heterocycles. The molecule has 256 valence electrons. The summed E-state index contributed by atoms with van der Waals surface area (Å²) in [6.07, 6.45) is 5.27. The number of halogens is 2. The summed E-state index contributed by atoms with van der Waals surface area (Å²) in [6.45, 7) is 19.4. The van der Waals surface area contributed by atoms with Crippen molar-refractivity contribution in [2.75, 3.05) is 0 Å². The molecule has 0 aromatic heterocycles. The van der Waals surface area contributed by atoms with Crippen molar-refractivity contribution < 1.29 is 45.1 Å². The van der Waals surface area contributed by atoms with E-state index in [-0.39, 0.29) is 24.8 Å². The Morgan fingerprint density at radius 1 is 0.431 bits per heavy atom. The first-order valence-electron chi connectivity index (χ1n) is 18.2. The van der Waals surface area contributed by atoms with Crippen LogP contribution in [-0.4, -0.2) is 0 Å². The minimum Gasteiger partial charge on any atom is -1.00 e. The third-order valence-corrected chi connectivity index (χ3v) is 26.6. The Hall–Kier alpha value is -3.22. The molecule has 1 fully saturated rings. The Bertz CT molecular complexity index is 2310. The monoisotopic (exact) mass is 782 g/mol. The van der Waals surface area contributed by atoms with E-state index >= 15 is 0 Å². The molecule has 3 aliphatic rings. The zero-order valence-corrected chi connectivity index (χ0v) is 35.0. The van der Waals surface area contributed by atoms with Crippen LogP contribution in [0.4, 0.5) is 0 Å². The fraction of sp³-hybridized carbons (Fsp3) is 0.250. The summed E-state index contributed by atoms with van der Waals surface area (Å²) in [4.78, 5) is 0. The van der Waals surface area contributed by atoms with Crippen LogP contribution < -0.4 is 24.8 Å². The summed E-state index contributed by atoms with van der Waals surface area (Å²) in [5.74, 6) is 0. The predicted molar refractivity (Wildman–Crippen MR) is 210 cm³/mol. The molecule has 51 heavy (non-hydrogen) atoms. The molecule has 1 heterocycles. The number of benzene rings is 6. The van der Waals surface area contributed by atoms with Gasteiger partial charge in [-0.15, -0.1) is 0 Å². The largest absolute Gasteiger partial charge is 1.00 e. The fourth-order valence-corrected chi connectivity index (χ4v) is 28.6. The van der Waals surface area contributed by atoms with Crippen molar-refractivity contribution in [2.45, 2.75) is 70.9 Å². The molecule has 0 saturated carbocycles. The van der Waals surface area contributed by atoms with Gasteiger partial charge in [-0.3, -0.25) is 0 Å². The Balaban J connectivity index is 0.00000203. The van der Waals surface area contributed by atoms with Crippen molar-refractivity contribution in [1.29, 1.82) is 0 Å². The van der Waals surface area contributed by atoms with Gasteiger partial charge in [0.15, 0.2) is 0 Å². The van der Waals surface area contributed by atoms with E-state index in [0.717, 1.165) is 0 Å². The molecule has 3 heteroatoms. The van der Waals surface area contributed by atoms with Gasteiger partial charge in [0.1, 0.15) is 0 Å². The van der Waals surface area contributed by atoms with Crippen molar-refractivity contribution in [3.05, 3.63) is 152 Å². The van der Waals surface area contributed by atoms with Gasteiger partial charge in [0, 0.05) is 0 Å². The first-order chi connectivity index (χ1) is 23.6. The van der Waals surface area contributed by atoms with Crippen molar-refractivity contribution in [2.24, 2.45) is 0 Å². The van der Waals surface area contributed by atoms with Crippen LogP contribution in [0.1, 0.15) is 76.7 Å². The van der Waals surface area contributed by atoms with E-state index in [1.807, 2.05) is 0 Å². The molecular formula is C48H46Cl2Zr. The Morgan fingerprint density at radius 3 is 1.20 bits per heavy atom. The topological polar surface area (TPSA) is 0 Å². The summed E-state index contributed by atoms with van der Waals surface area (Å²) < 4.78 is 4.20. The average molecular weight is 785 g/mol. The number of hydrogen-bond acceptors (Lipinski definition) is 0. The minimum absolute atomic E-state index is 0. The molecule has 0 nitrogen and oxygen atoms in total. The molecule has 0 N–H and O–H groups in total. The first kappa shape index (κ1) is 36.2. The van der Waals surface area contributed by atoms with E-state index in [0.29, 0.717) is 7.25 Å². The molecular weight excluding hydrogens is 739 g/mol. The smallest absolute Gasteiger partial charge is 1.00 e.